The second-order valence-corrected chi connectivity index (χ2v) is 10.3. The van der Waals surface area contributed by atoms with Crippen molar-refractivity contribution in [1.82, 2.24) is 9.36 Å². The molecule has 0 N–H and O–H groups in total. The predicted octanol–water partition coefficient (Wildman–Crippen LogP) is 9.75. The summed E-state index contributed by atoms with van der Waals surface area (Å²) in [5.41, 5.74) is 5.20. The maximum absolute atomic E-state index is 6.17. The number of fused-ring (bicyclic) bond motifs is 5. The third kappa shape index (κ3) is 3.59. The average Bonchev–Trinajstić information content (AvgIpc) is 3.50. The van der Waals surface area contributed by atoms with Crippen LogP contribution in [0.4, 0.5) is 17.1 Å². The standard InChI is InChI=1S/C34H21N3OS/c1-2-10-25-23(9-1)21-28(27-12-4-3-11-26(25)27)33-35-34(39-36-33)22-17-19-24(20-18-22)37-29-13-5-7-15-31(29)38-32-16-8-6-14-30(32)37/h1-21H. The first kappa shape index (κ1) is 22.0. The van der Waals surface area contributed by atoms with E-state index in [0.29, 0.717) is 0 Å². The van der Waals surface area contributed by atoms with Crippen LogP contribution in [0.5, 0.6) is 11.5 Å². The Hall–Kier alpha value is -5.00. The Labute approximate surface area is 229 Å². The van der Waals surface area contributed by atoms with E-state index in [2.05, 4.69) is 95.9 Å². The predicted molar refractivity (Wildman–Crippen MR) is 161 cm³/mol. The molecule has 0 saturated carbocycles. The summed E-state index contributed by atoms with van der Waals surface area (Å²) >= 11 is 1.44. The lowest BCUT2D eigenvalue weighted by atomic mass is 9.97. The number of para-hydroxylation sites is 4. The van der Waals surface area contributed by atoms with Gasteiger partial charge in [-0.05, 0) is 87.7 Å². The van der Waals surface area contributed by atoms with Gasteiger partial charge in [-0.3, -0.25) is 0 Å². The minimum Gasteiger partial charge on any atom is -0.453 e. The molecule has 0 amide bonds. The van der Waals surface area contributed by atoms with Gasteiger partial charge in [0.25, 0.3) is 0 Å². The monoisotopic (exact) mass is 519 g/mol. The lowest BCUT2D eigenvalue weighted by Crippen LogP contribution is -2.15. The summed E-state index contributed by atoms with van der Waals surface area (Å²) < 4.78 is 11.0. The fourth-order valence-corrected chi connectivity index (χ4v) is 6.11. The molecule has 1 aliphatic heterocycles. The van der Waals surface area contributed by atoms with E-state index in [-0.39, 0.29) is 0 Å². The molecule has 0 atom stereocenters. The Morgan fingerprint density at radius 2 is 1.21 bits per heavy atom. The van der Waals surface area contributed by atoms with Crippen LogP contribution >= 0.6 is 11.5 Å². The normalized spacial score (nSPS) is 12.3. The van der Waals surface area contributed by atoms with Gasteiger partial charge in [0, 0.05) is 16.8 Å². The second-order valence-electron chi connectivity index (χ2n) is 9.53. The quantitative estimate of drug-likeness (QED) is 0.218. The molecule has 6 aromatic carbocycles. The fourth-order valence-electron chi connectivity index (χ4n) is 5.43. The Morgan fingerprint density at radius 3 is 1.95 bits per heavy atom. The zero-order valence-corrected chi connectivity index (χ0v) is 21.6. The molecular weight excluding hydrogens is 498 g/mol. The van der Waals surface area contributed by atoms with Crippen LogP contribution in [0.3, 0.4) is 0 Å². The average molecular weight is 520 g/mol. The highest BCUT2D eigenvalue weighted by Gasteiger charge is 2.25. The minimum absolute atomic E-state index is 0.761. The van der Waals surface area contributed by atoms with Crippen molar-refractivity contribution in [2.45, 2.75) is 0 Å². The molecule has 184 valence electrons. The Balaban J connectivity index is 1.18. The Bertz CT molecular complexity index is 1970. The number of nitrogens with zero attached hydrogens (tertiary/aromatic N) is 3. The van der Waals surface area contributed by atoms with Gasteiger partial charge >= 0.3 is 0 Å². The van der Waals surface area contributed by atoms with E-state index in [1.54, 1.807) is 0 Å². The molecule has 0 saturated heterocycles. The van der Waals surface area contributed by atoms with E-state index in [1.165, 1.54) is 33.1 Å². The van der Waals surface area contributed by atoms with E-state index < -0.39 is 0 Å². The number of rotatable bonds is 3. The van der Waals surface area contributed by atoms with Gasteiger partial charge in [0.05, 0.1) is 11.4 Å². The fraction of sp³-hybridized carbons (Fsp3) is 0. The summed E-state index contributed by atoms with van der Waals surface area (Å²) in [6.07, 6.45) is 0. The number of hydrogen-bond donors (Lipinski definition) is 0. The van der Waals surface area contributed by atoms with Crippen molar-refractivity contribution in [3.63, 3.8) is 0 Å². The van der Waals surface area contributed by atoms with Gasteiger partial charge < -0.3 is 9.64 Å². The van der Waals surface area contributed by atoms with Crippen molar-refractivity contribution < 1.29 is 4.74 Å². The van der Waals surface area contributed by atoms with Crippen molar-refractivity contribution >= 4 is 50.1 Å². The highest BCUT2D eigenvalue weighted by Crippen LogP contribution is 2.50. The molecule has 4 nitrogen and oxygen atoms in total. The van der Waals surface area contributed by atoms with Crippen molar-refractivity contribution in [2.75, 3.05) is 4.90 Å². The molecule has 1 aliphatic rings. The molecule has 0 unspecified atom stereocenters. The summed E-state index contributed by atoms with van der Waals surface area (Å²) in [6, 6.07) is 44.0. The molecule has 1 aromatic heterocycles. The van der Waals surface area contributed by atoms with Crippen LogP contribution in [-0.4, -0.2) is 9.36 Å². The van der Waals surface area contributed by atoms with Crippen LogP contribution in [0.1, 0.15) is 0 Å². The summed E-state index contributed by atoms with van der Waals surface area (Å²) in [7, 11) is 0. The largest absolute Gasteiger partial charge is 0.453 e. The van der Waals surface area contributed by atoms with Crippen LogP contribution in [0, 0.1) is 0 Å². The van der Waals surface area contributed by atoms with Crippen molar-refractivity contribution in [3.8, 4) is 33.5 Å². The number of aromatic nitrogens is 2. The van der Waals surface area contributed by atoms with Crippen LogP contribution in [0.25, 0.3) is 43.5 Å². The number of anilines is 3. The summed E-state index contributed by atoms with van der Waals surface area (Å²) in [5.74, 6) is 2.45. The lowest BCUT2D eigenvalue weighted by Gasteiger charge is -2.32. The highest BCUT2D eigenvalue weighted by atomic mass is 32.1. The molecule has 0 bridgehead atoms. The van der Waals surface area contributed by atoms with Gasteiger partial charge in [-0.2, -0.15) is 4.37 Å². The van der Waals surface area contributed by atoms with E-state index in [9.17, 15) is 0 Å². The molecule has 0 radical (unpaired) electrons. The van der Waals surface area contributed by atoms with Crippen LogP contribution < -0.4 is 9.64 Å². The van der Waals surface area contributed by atoms with Crippen LogP contribution in [-0.2, 0) is 0 Å². The zero-order valence-electron chi connectivity index (χ0n) is 20.8. The highest BCUT2D eigenvalue weighted by molar-refractivity contribution is 7.09. The topological polar surface area (TPSA) is 38.2 Å². The molecule has 0 spiro atoms. The second kappa shape index (κ2) is 8.79. The summed E-state index contributed by atoms with van der Waals surface area (Å²) in [6.45, 7) is 0. The zero-order chi connectivity index (χ0) is 25.8. The molecule has 7 aromatic rings. The molecule has 8 rings (SSSR count). The van der Waals surface area contributed by atoms with Crippen molar-refractivity contribution in [2.24, 2.45) is 0 Å². The van der Waals surface area contributed by atoms with Crippen LogP contribution in [0.15, 0.2) is 127 Å². The van der Waals surface area contributed by atoms with E-state index in [0.717, 1.165) is 50.5 Å². The van der Waals surface area contributed by atoms with E-state index in [4.69, 9.17) is 14.1 Å². The Morgan fingerprint density at radius 1 is 0.590 bits per heavy atom. The SMILES string of the molecule is c1ccc2c(c1)Oc1ccccc1N2c1ccc(-c2nc(-c3cc4ccccc4c4ccccc34)ns2)cc1. The molecule has 2 heterocycles. The van der Waals surface area contributed by atoms with Gasteiger partial charge in [-0.1, -0.05) is 72.8 Å². The molecule has 5 heteroatoms. The van der Waals surface area contributed by atoms with Crippen molar-refractivity contribution in [1.29, 1.82) is 0 Å². The minimum atomic E-state index is 0.761. The van der Waals surface area contributed by atoms with Gasteiger partial charge in [-0.15, -0.1) is 0 Å². The number of ether oxygens (including phenoxy) is 1. The maximum atomic E-state index is 6.17. The number of hydrogen-bond acceptors (Lipinski definition) is 5. The molecule has 0 aliphatic carbocycles. The number of benzene rings is 6. The van der Waals surface area contributed by atoms with Gasteiger partial charge in [-0.25, -0.2) is 4.98 Å². The van der Waals surface area contributed by atoms with Crippen molar-refractivity contribution in [3.05, 3.63) is 127 Å². The van der Waals surface area contributed by atoms with Gasteiger partial charge in [0.2, 0.25) is 0 Å². The first-order chi connectivity index (χ1) is 19.3. The third-order valence-corrected chi connectivity index (χ3v) is 8.00. The third-order valence-electron chi connectivity index (χ3n) is 7.24. The molecule has 0 fully saturated rings. The maximum Gasteiger partial charge on any atom is 0.174 e. The van der Waals surface area contributed by atoms with E-state index in [1.807, 2.05) is 36.4 Å². The summed E-state index contributed by atoms with van der Waals surface area (Å²) in [4.78, 5) is 7.24. The first-order valence-corrected chi connectivity index (χ1v) is 13.6. The van der Waals surface area contributed by atoms with E-state index >= 15 is 0 Å². The van der Waals surface area contributed by atoms with Crippen LogP contribution in [0.2, 0.25) is 0 Å². The molecular formula is C34H21N3OS. The first-order valence-electron chi connectivity index (χ1n) is 12.8. The summed E-state index contributed by atoms with van der Waals surface area (Å²) in [5, 5.41) is 5.72. The van der Waals surface area contributed by atoms with Gasteiger partial charge in [0.1, 0.15) is 5.01 Å². The lowest BCUT2D eigenvalue weighted by molar-refractivity contribution is 0.477. The molecule has 39 heavy (non-hydrogen) atoms. The smallest absolute Gasteiger partial charge is 0.174 e. The van der Waals surface area contributed by atoms with Gasteiger partial charge in [0.15, 0.2) is 17.3 Å². The Kier molecular flexibility index (Phi) is 4.96.